The van der Waals surface area contributed by atoms with Gasteiger partial charge in [0.15, 0.2) is 5.16 Å². The molecule has 6 nitrogen and oxygen atoms in total. The Labute approximate surface area is 150 Å². The number of nitrogens with zero attached hydrogens (tertiary/aromatic N) is 4. The lowest BCUT2D eigenvalue weighted by atomic mass is 10.1. The summed E-state index contributed by atoms with van der Waals surface area (Å²) in [4.78, 5) is 10.4. The number of nitro groups is 1. The summed E-state index contributed by atoms with van der Waals surface area (Å²) in [5, 5.41) is 20.3. The lowest BCUT2D eigenvalue weighted by Gasteiger charge is -2.10. The number of rotatable bonds is 7. The van der Waals surface area contributed by atoms with Crippen LogP contribution in [0.15, 0.2) is 59.8 Å². The lowest BCUT2D eigenvalue weighted by Crippen LogP contribution is -2.07. The zero-order valence-corrected chi connectivity index (χ0v) is 14.6. The Kier molecular flexibility index (Phi) is 5.45. The van der Waals surface area contributed by atoms with Crippen LogP contribution >= 0.6 is 11.8 Å². The number of non-ortho nitro benzene ring substituents is 1. The van der Waals surface area contributed by atoms with Gasteiger partial charge in [-0.2, -0.15) is 0 Å². The molecule has 0 bridgehead atoms. The normalized spacial score (nSPS) is 10.8. The van der Waals surface area contributed by atoms with E-state index in [0.29, 0.717) is 13.0 Å². The molecule has 0 N–H and O–H groups in total. The molecule has 3 rings (SSSR count). The van der Waals surface area contributed by atoms with Gasteiger partial charge >= 0.3 is 0 Å². The van der Waals surface area contributed by atoms with E-state index in [-0.39, 0.29) is 10.6 Å². The Balaban J connectivity index is 1.87. The Bertz CT molecular complexity index is 847. The Morgan fingerprint density at radius 3 is 2.40 bits per heavy atom. The quantitative estimate of drug-likeness (QED) is 0.365. The van der Waals surface area contributed by atoms with Crippen LogP contribution in [0.25, 0.3) is 0 Å². The maximum absolute atomic E-state index is 10.8. The highest BCUT2D eigenvalue weighted by Gasteiger charge is 2.14. The summed E-state index contributed by atoms with van der Waals surface area (Å²) in [7, 11) is 0. The van der Waals surface area contributed by atoms with E-state index in [1.807, 2.05) is 18.2 Å². The van der Waals surface area contributed by atoms with Gasteiger partial charge in [-0.1, -0.05) is 61.2 Å². The van der Waals surface area contributed by atoms with Crippen LogP contribution in [-0.2, 0) is 13.0 Å². The highest BCUT2D eigenvalue weighted by Crippen LogP contribution is 2.21. The SMILES string of the molecule is CCSc1nnc(Cc2ccccc2)n1Cc1ccc([N+](=O)[O-])cc1. The number of benzene rings is 2. The smallest absolute Gasteiger partial charge is 0.269 e. The minimum absolute atomic E-state index is 0.0974. The van der Waals surface area contributed by atoms with Crippen LogP contribution in [0.2, 0.25) is 0 Å². The molecule has 0 aliphatic heterocycles. The molecule has 0 amide bonds. The van der Waals surface area contributed by atoms with Crippen molar-refractivity contribution in [2.45, 2.75) is 25.0 Å². The first-order valence-electron chi connectivity index (χ1n) is 7.99. The van der Waals surface area contributed by atoms with Gasteiger partial charge in [0.05, 0.1) is 11.5 Å². The largest absolute Gasteiger partial charge is 0.301 e. The average Bonchev–Trinajstić information content (AvgIpc) is 2.98. The van der Waals surface area contributed by atoms with Gasteiger partial charge in [-0.25, -0.2) is 0 Å². The molecule has 2 aromatic carbocycles. The third-order valence-corrected chi connectivity index (χ3v) is 4.61. The summed E-state index contributed by atoms with van der Waals surface area (Å²) >= 11 is 1.64. The van der Waals surface area contributed by atoms with Gasteiger partial charge in [-0.15, -0.1) is 10.2 Å². The molecule has 0 aliphatic carbocycles. The number of hydrogen-bond acceptors (Lipinski definition) is 5. The van der Waals surface area contributed by atoms with Crippen molar-refractivity contribution >= 4 is 17.4 Å². The van der Waals surface area contributed by atoms with Crippen molar-refractivity contribution in [3.05, 3.63) is 81.7 Å². The first kappa shape index (κ1) is 17.2. The van der Waals surface area contributed by atoms with Crippen LogP contribution in [0.3, 0.4) is 0 Å². The molecular weight excluding hydrogens is 336 g/mol. The molecule has 0 fully saturated rings. The molecule has 1 aromatic heterocycles. The fraction of sp³-hybridized carbons (Fsp3) is 0.222. The zero-order chi connectivity index (χ0) is 17.6. The van der Waals surface area contributed by atoms with E-state index in [2.05, 4.69) is 33.8 Å². The standard InChI is InChI=1S/C18H18N4O2S/c1-2-25-18-20-19-17(12-14-6-4-3-5-7-14)21(18)13-15-8-10-16(11-9-15)22(23)24/h3-11H,2,12-13H2,1H3. The molecule has 0 saturated heterocycles. The maximum atomic E-state index is 10.8. The zero-order valence-electron chi connectivity index (χ0n) is 13.8. The van der Waals surface area contributed by atoms with E-state index < -0.39 is 0 Å². The van der Waals surface area contributed by atoms with Crippen LogP contribution in [0.4, 0.5) is 5.69 Å². The molecule has 0 radical (unpaired) electrons. The molecule has 3 aromatic rings. The van der Waals surface area contributed by atoms with Gasteiger partial charge in [0.2, 0.25) is 0 Å². The van der Waals surface area contributed by atoms with Crippen molar-refractivity contribution in [3.63, 3.8) is 0 Å². The highest BCUT2D eigenvalue weighted by molar-refractivity contribution is 7.99. The number of aromatic nitrogens is 3. The summed E-state index contributed by atoms with van der Waals surface area (Å²) < 4.78 is 2.09. The number of hydrogen-bond donors (Lipinski definition) is 0. The van der Waals surface area contributed by atoms with Gasteiger partial charge in [0.25, 0.3) is 5.69 Å². The molecular formula is C18H18N4O2S. The molecule has 0 atom stereocenters. The minimum atomic E-state index is -0.387. The van der Waals surface area contributed by atoms with Crippen LogP contribution in [0.1, 0.15) is 23.9 Å². The van der Waals surface area contributed by atoms with E-state index in [1.165, 1.54) is 17.7 Å². The summed E-state index contributed by atoms with van der Waals surface area (Å²) in [6, 6.07) is 16.8. The van der Waals surface area contributed by atoms with Crippen LogP contribution in [-0.4, -0.2) is 25.4 Å². The Morgan fingerprint density at radius 1 is 1.04 bits per heavy atom. The molecule has 1 heterocycles. The van der Waals surface area contributed by atoms with Gasteiger partial charge in [0.1, 0.15) is 5.82 Å². The Morgan fingerprint density at radius 2 is 1.76 bits per heavy atom. The Hall–Kier alpha value is -2.67. The number of thioether (sulfide) groups is 1. The highest BCUT2D eigenvalue weighted by atomic mass is 32.2. The second-order valence-corrected chi connectivity index (χ2v) is 6.74. The van der Waals surface area contributed by atoms with Crippen LogP contribution in [0.5, 0.6) is 0 Å². The van der Waals surface area contributed by atoms with Gasteiger partial charge in [0, 0.05) is 18.6 Å². The monoisotopic (exact) mass is 354 g/mol. The predicted molar refractivity (Wildman–Crippen MR) is 97.9 cm³/mol. The predicted octanol–water partition coefficient (Wildman–Crippen LogP) is 3.94. The van der Waals surface area contributed by atoms with Crippen molar-refractivity contribution in [1.29, 1.82) is 0 Å². The van der Waals surface area contributed by atoms with Crippen molar-refractivity contribution < 1.29 is 4.92 Å². The third-order valence-electron chi connectivity index (χ3n) is 3.76. The van der Waals surface area contributed by atoms with Crippen molar-refractivity contribution in [3.8, 4) is 0 Å². The molecule has 0 spiro atoms. The molecule has 25 heavy (non-hydrogen) atoms. The topological polar surface area (TPSA) is 73.8 Å². The van der Waals surface area contributed by atoms with Crippen molar-refractivity contribution in [2.24, 2.45) is 0 Å². The van der Waals surface area contributed by atoms with Crippen molar-refractivity contribution in [2.75, 3.05) is 5.75 Å². The molecule has 0 aliphatic rings. The van der Waals surface area contributed by atoms with Crippen LogP contribution in [0, 0.1) is 10.1 Å². The summed E-state index contributed by atoms with van der Waals surface area (Å²) in [5.74, 6) is 1.80. The van der Waals surface area contributed by atoms with E-state index >= 15 is 0 Å². The fourth-order valence-corrected chi connectivity index (χ4v) is 3.21. The first-order valence-corrected chi connectivity index (χ1v) is 8.98. The fourth-order valence-electron chi connectivity index (χ4n) is 2.53. The number of nitro benzene ring substituents is 1. The van der Waals surface area contributed by atoms with Gasteiger partial charge in [-0.05, 0) is 16.9 Å². The van der Waals surface area contributed by atoms with E-state index in [9.17, 15) is 10.1 Å². The second kappa shape index (κ2) is 7.94. The minimum Gasteiger partial charge on any atom is -0.301 e. The summed E-state index contributed by atoms with van der Waals surface area (Å²) in [6.45, 7) is 2.67. The van der Waals surface area contributed by atoms with E-state index in [1.54, 1.807) is 23.9 Å². The van der Waals surface area contributed by atoms with Gasteiger partial charge in [-0.3, -0.25) is 10.1 Å². The van der Waals surface area contributed by atoms with Gasteiger partial charge < -0.3 is 4.57 Å². The average molecular weight is 354 g/mol. The molecule has 0 unspecified atom stereocenters. The molecule has 7 heteroatoms. The van der Waals surface area contributed by atoms with E-state index in [4.69, 9.17) is 0 Å². The lowest BCUT2D eigenvalue weighted by molar-refractivity contribution is -0.384. The maximum Gasteiger partial charge on any atom is 0.269 e. The first-order chi connectivity index (χ1) is 12.2. The molecule has 0 saturated carbocycles. The summed E-state index contributed by atoms with van der Waals surface area (Å²) in [5.41, 5.74) is 2.26. The second-order valence-electron chi connectivity index (χ2n) is 5.50. The van der Waals surface area contributed by atoms with Crippen molar-refractivity contribution in [1.82, 2.24) is 14.8 Å². The van der Waals surface area contributed by atoms with E-state index in [0.717, 1.165) is 22.3 Å². The van der Waals surface area contributed by atoms with Crippen LogP contribution < -0.4 is 0 Å². The third kappa shape index (κ3) is 4.24. The summed E-state index contributed by atoms with van der Waals surface area (Å²) in [6.07, 6.45) is 0.699. The molecule has 128 valence electrons.